The summed E-state index contributed by atoms with van der Waals surface area (Å²) in [6, 6.07) is 0. The molecule has 2 saturated heterocycles. The lowest BCUT2D eigenvalue weighted by Crippen LogP contribution is -2.40. The number of hydrogen-bond donors (Lipinski definition) is 2. The highest BCUT2D eigenvalue weighted by Gasteiger charge is 2.53. The van der Waals surface area contributed by atoms with E-state index >= 15 is 0 Å². The molecule has 2 rings (SSSR count). The highest BCUT2D eigenvalue weighted by atomic mass is 16.7. The lowest BCUT2D eigenvalue weighted by molar-refractivity contribution is -0.190. The number of aliphatic hydroxyl groups is 2. The predicted octanol–water partition coefficient (Wildman–Crippen LogP) is 1.56. The fraction of sp³-hybridized carbons (Fsp3) is 1.00. The van der Waals surface area contributed by atoms with Crippen LogP contribution in [0.1, 0.15) is 40.5 Å². The lowest BCUT2D eigenvalue weighted by Gasteiger charge is -2.29. The quantitative estimate of drug-likeness (QED) is 0.625. The van der Waals surface area contributed by atoms with Crippen LogP contribution in [0.25, 0.3) is 0 Å². The molecular weight excluding hydrogens is 368 g/mol. The summed E-state index contributed by atoms with van der Waals surface area (Å²) in [5, 5.41) is 18.8. The lowest BCUT2D eigenvalue weighted by atomic mass is 9.85. The average molecular weight is 409 g/mol. The van der Waals surface area contributed by atoms with Gasteiger partial charge in [0.2, 0.25) is 0 Å². The molecule has 168 valence electrons. The molecule has 8 nitrogen and oxygen atoms in total. The van der Waals surface area contributed by atoms with E-state index in [2.05, 4.69) is 0 Å². The second-order valence-electron chi connectivity index (χ2n) is 7.57. The molecule has 2 fully saturated rings. The maximum Gasteiger partial charge on any atom is 0.184 e. The monoisotopic (exact) mass is 408 g/mol. The molecule has 0 aliphatic carbocycles. The van der Waals surface area contributed by atoms with Crippen molar-refractivity contribution in [3.8, 4) is 0 Å². The van der Waals surface area contributed by atoms with E-state index in [0.29, 0.717) is 0 Å². The van der Waals surface area contributed by atoms with Gasteiger partial charge in [0.05, 0.1) is 24.4 Å². The first-order chi connectivity index (χ1) is 13.3. The topological polar surface area (TPSA) is 95.8 Å². The van der Waals surface area contributed by atoms with E-state index < -0.39 is 11.2 Å². The van der Waals surface area contributed by atoms with Gasteiger partial charge in [0.15, 0.2) is 12.6 Å². The van der Waals surface area contributed by atoms with Crippen molar-refractivity contribution in [2.45, 2.75) is 76.5 Å². The SMILES string of the molecule is CC[C@@]1(CO)O[C@@H](OC)C(OC)C1C.CC[C@@]1(CO)O[C@@H](OC)C(OC)C1C. The summed E-state index contributed by atoms with van der Waals surface area (Å²) >= 11 is 0. The smallest absolute Gasteiger partial charge is 0.184 e. The predicted molar refractivity (Wildman–Crippen MR) is 104 cm³/mol. The number of hydrogen-bond acceptors (Lipinski definition) is 8. The van der Waals surface area contributed by atoms with Crippen LogP contribution in [0.15, 0.2) is 0 Å². The fourth-order valence-corrected chi connectivity index (χ4v) is 4.27. The zero-order valence-corrected chi connectivity index (χ0v) is 18.6. The first kappa shape index (κ1) is 25.7. The van der Waals surface area contributed by atoms with Crippen molar-refractivity contribution in [1.29, 1.82) is 0 Å². The van der Waals surface area contributed by atoms with Crippen LogP contribution >= 0.6 is 0 Å². The molecule has 2 aliphatic heterocycles. The van der Waals surface area contributed by atoms with Gasteiger partial charge in [0.25, 0.3) is 0 Å². The molecule has 4 unspecified atom stereocenters. The van der Waals surface area contributed by atoms with Gasteiger partial charge in [-0.2, -0.15) is 0 Å². The molecule has 0 aromatic rings. The van der Waals surface area contributed by atoms with Crippen molar-refractivity contribution in [2.75, 3.05) is 41.7 Å². The summed E-state index contributed by atoms with van der Waals surface area (Å²) in [6.45, 7) is 8.05. The molecule has 0 spiro atoms. The molecule has 2 aliphatic rings. The average Bonchev–Trinajstić information content (AvgIpc) is 3.18. The first-order valence-electron chi connectivity index (χ1n) is 9.98. The maximum atomic E-state index is 9.38. The summed E-state index contributed by atoms with van der Waals surface area (Å²) in [5.74, 6) is 0.264. The largest absolute Gasteiger partial charge is 0.393 e. The minimum Gasteiger partial charge on any atom is -0.393 e. The van der Waals surface area contributed by atoms with Crippen LogP contribution in [0.3, 0.4) is 0 Å². The molecule has 0 aromatic carbocycles. The summed E-state index contributed by atoms with van der Waals surface area (Å²) in [7, 11) is 6.46. The van der Waals surface area contributed by atoms with Gasteiger partial charge in [0, 0.05) is 40.3 Å². The van der Waals surface area contributed by atoms with E-state index in [4.69, 9.17) is 28.4 Å². The van der Waals surface area contributed by atoms with Gasteiger partial charge in [-0.1, -0.05) is 27.7 Å². The molecule has 8 heteroatoms. The molecule has 0 aromatic heterocycles. The molecule has 28 heavy (non-hydrogen) atoms. The van der Waals surface area contributed by atoms with E-state index in [-0.39, 0.29) is 49.8 Å². The van der Waals surface area contributed by atoms with E-state index in [1.165, 1.54) is 0 Å². The molecule has 2 N–H and O–H groups in total. The minimum absolute atomic E-state index is 0.00435. The van der Waals surface area contributed by atoms with Crippen molar-refractivity contribution in [3.63, 3.8) is 0 Å². The Kier molecular flexibility index (Phi) is 10.3. The van der Waals surface area contributed by atoms with Crippen molar-refractivity contribution >= 4 is 0 Å². The summed E-state index contributed by atoms with van der Waals surface area (Å²) < 4.78 is 32.5. The number of methoxy groups -OCH3 is 4. The van der Waals surface area contributed by atoms with Crippen molar-refractivity contribution in [3.05, 3.63) is 0 Å². The zero-order chi connectivity index (χ0) is 21.5. The van der Waals surface area contributed by atoms with Crippen molar-refractivity contribution < 1.29 is 38.6 Å². The molecule has 0 saturated carbocycles. The van der Waals surface area contributed by atoms with Crippen LogP contribution < -0.4 is 0 Å². The van der Waals surface area contributed by atoms with E-state index in [9.17, 15) is 10.2 Å². The molecule has 8 atom stereocenters. The zero-order valence-electron chi connectivity index (χ0n) is 18.6. The summed E-state index contributed by atoms with van der Waals surface area (Å²) in [5.41, 5.74) is -1.03. The highest BCUT2D eigenvalue weighted by Crippen LogP contribution is 2.41. The van der Waals surface area contributed by atoms with Gasteiger partial charge < -0.3 is 38.6 Å². The number of rotatable bonds is 8. The fourth-order valence-electron chi connectivity index (χ4n) is 4.27. The minimum atomic E-state index is -0.513. The standard InChI is InChI=1S/2C10H20O4/c2*1-5-10(6-11)7(2)8(12-3)9(13-4)14-10/h2*7-9,11H,5-6H2,1-4H3/t2*7?,8?,9-,10+/m11/s1. The molecular formula is C20H40O8. The third-order valence-corrected chi connectivity index (χ3v) is 6.62. The van der Waals surface area contributed by atoms with Gasteiger partial charge >= 0.3 is 0 Å². The van der Waals surface area contributed by atoms with Crippen LogP contribution in [-0.4, -0.2) is 87.9 Å². The number of aliphatic hydroxyl groups excluding tert-OH is 2. The van der Waals surface area contributed by atoms with Crippen molar-refractivity contribution in [2.24, 2.45) is 11.8 Å². The van der Waals surface area contributed by atoms with Crippen LogP contribution in [0, 0.1) is 11.8 Å². The Morgan fingerprint density at radius 3 is 1.14 bits per heavy atom. The van der Waals surface area contributed by atoms with Crippen LogP contribution in [0.2, 0.25) is 0 Å². The van der Waals surface area contributed by atoms with Crippen LogP contribution in [0.5, 0.6) is 0 Å². The van der Waals surface area contributed by atoms with Crippen molar-refractivity contribution in [1.82, 2.24) is 0 Å². The van der Waals surface area contributed by atoms with Gasteiger partial charge in [-0.25, -0.2) is 0 Å². The Morgan fingerprint density at radius 1 is 0.679 bits per heavy atom. The molecule has 0 radical (unpaired) electrons. The van der Waals surface area contributed by atoms with Crippen LogP contribution in [0.4, 0.5) is 0 Å². The van der Waals surface area contributed by atoms with E-state index in [1.807, 2.05) is 27.7 Å². The summed E-state index contributed by atoms with van der Waals surface area (Å²) in [4.78, 5) is 0. The first-order valence-corrected chi connectivity index (χ1v) is 9.98. The highest BCUT2D eigenvalue weighted by molar-refractivity contribution is 4.97. The van der Waals surface area contributed by atoms with Gasteiger partial charge in [-0.05, 0) is 12.8 Å². The normalized spacial score (nSPS) is 43.1. The third kappa shape index (κ3) is 4.70. The van der Waals surface area contributed by atoms with Gasteiger partial charge in [-0.15, -0.1) is 0 Å². The molecule has 0 bridgehead atoms. The molecule has 0 amide bonds. The second-order valence-corrected chi connectivity index (χ2v) is 7.57. The summed E-state index contributed by atoms with van der Waals surface area (Å²) in [6.07, 6.45) is 0.554. The van der Waals surface area contributed by atoms with Crippen LogP contribution in [-0.2, 0) is 28.4 Å². The second kappa shape index (κ2) is 11.2. The Labute approximate surface area is 169 Å². The third-order valence-electron chi connectivity index (χ3n) is 6.62. The van der Waals surface area contributed by atoms with E-state index in [1.54, 1.807) is 28.4 Å². The van der Waals surface area contributed by atoms with E-state index in [0.717, 1.165) is 12.8 Å². The Bertz CT molecular complexity index is 398. The Balaban J connectivity index is 0.000000280. The Morgan fingerprint density at radius 2 is 1.00 bits per heavy atom. The number of ether oxygens (including phenoxy) is 6. The van der Waals surface area contributed by atoms with Gasteiger partial charge in [-0.3, -0.25) is 0 Å². The van der Waals surface area contributed by atoms with Gasteiger partial charge in [0.1, 0.15) is 12.2 Å². The Hall–Kier alpha value is -0.320. The molecule has 2 heterocycles. The maximum absolute atomic E-state index is 9.38.